The number of carbonyl (C=O) groups is 3. The predicted octanol–water partition coefficient (Wildman–Crippen LogP) is 2.42. The van der Waals surface area contributed by atoms with E-state index in [4.69, 9.17) is 23.2 Å². The maximum atomic E-state index is 12.5. The number of fused-ring (bicyclic) bond motifs is 2. The van der Waals surface area contributed by atoms with E-state index in [9.17, 15) is 19.2 Å². The molecule has 1 aliphatic heterocycles. The second kappa shape index (κ2) is 6.75. The summed E-state index contributed by atoms with van der Waals surface area (Å²) in [5, 5.41) is 2.95. The standard InChI is InChI=1S/C19H14Cl2N4O4/c1-23-14-4-3-9(5-15(14)24(2)19(23)29)22-16(26)8-25-17(27)10-6-12(20)13(21)7-11(10)18(25)28/h3-7H,8H2,1-2H3,(H,22,26). The van der Waals surface area contributed by atoms with Crippen LogP contribution in [0.4, 0.5) is 5.69 Å². The van der Waals surface area contributed by atoms with Crippen LogP contribution in [0, 0.1) is 0 Å². The van der Waals surface area contributed by atoms with E-state index < -0.39 is 24.3 Å². The lowest BCUT2D eigenvalue weighted by molar-refractivity contribution is -0.116. The summed E-state index contributed by atoms with van der Waals surface area (Å²) in [5.41, 5.74) is 1.82. The van der Waals surface area contributed by atoms with Crippen LogP contribution in [-0.2, 0) is 18.9 Å². The van der Waals surface area contributed by atoms with Gasteiger partial charge in [-0.25, -0.2) is 4.79 Å². The molecule has 0 saturated carbocycles. The minimum Gasteiger partial charge on any atom is -0.324 e. The number of benzene rings is 2. The lowest BCUT2D eigenvalue weighted by Crippen LogP contribution is -2.37. The molecule has 3 aromatic rings. The summed E-state index contributed by atoms with van der Waals surface area (Å²) >= 11 is 11.8. The molecule has 2 aromatic carbocycles. The second-order valence-electron chi connectivity index (χ2n) is 6.66. The van der Waals surface area contributed by atoms with Crippen molar-refractivity contribution in [1.82, 2.24) is 14.0 Å². The quantitative estimate of drug-likeness (QED) is 0.643. The fourth-order valence-corrected chi connectivity index (χ4v) is 3.68. The molecule has 4 rings (SSSR count). The second-order valence-corrected chi connectivity index (χ2v) is 7.48. The number of hydrogen-bond donors (Lipinski definition) is 1. The van der Waals surface area contributed by atoms with Gasteiger partial charge in [0, 0.05) is 19.8 Å². The Kier molecular flexibility index (Phi) is 4.48. The van der Waals surface area contributed by atoms with Crippen LogP contribution in [0.5, 0.6) is 0 Å². The van der Waals surface area contributed by atoms with Gasteiger partial charge in [0.15, 0.2) is 0 Å². The number of aromatic nitrogens is 2. The van der Waals surface area contributed by atoms with E-state index in [-0.39, 0.29) is 26.9 Å². The zero-order chi connectivity index (χ0) is 21.0. The Labute approximate surface area is 174 Å². The Morgan fingerprint density at radius 2 is 1.45 bits per heavy atom. The van der Waals surface area contributed by atoms with Gasteiger partial charge in [-0.05, 0) is 30.3 Å². The summed E-state index contributed by atoms with van der Waals surface area (Å²) in [6.07, 6.45) is 0. The largest absolute Gasteiger partial charge is 0.328 e. The number of imide groups is 1. The summed E-state index contributed by atoms with van der Waals surface area (Å²) in [6.45, 7) is -0.465. The highest BCUT2D eigenvalue weighted by Gasteiger charge is 2.37. The van der Waals surface area contributed by atoms with E-state index in [1.807, 2.05) is 0 Å². The topological polar surface area (TPSA) is 93.4 Å². The Hall–Kier alpha value is -3.10. The number of halogens is 2. The summed E-state index contributed by atoms with van der Waals surface area (Å²) in [5.74, 6) is -1.78. The van der Waals surface area contributed by atoms with Gasteiger partial charge in [-0.1, -0.05) is 23.2 Å². The number of imidazole rings is 1. The van der Waals surface area contributed by atoms with Crippen LogP contribution < -0.4 is 11.0 Å². The van der Waals surface area contributed by atoms with Crippen LogP contribution >= 0.6 is 23.2 Å². The van der Waals surface area contributed by atoms with Crippen LogP contribution in [0.15, 0.2) is 35.1 Å². The first-order chi connectivity index (χ1) is 13.7. The van der Waals surface area contributed by atoms with Crippen molar-refractivity contribution in [3.8, 4) is 0 Å². The van der Waals surface area contributed by atoms with E-state index in [0.717, 1.165) is 4.90 Å². The maximum Gasteiger partial charge on any atom is 0.328 e. The zero-order valence-electron chi connectivity index (χ0n) is 15.3. The van der Waals surface area contributed by atoms with Crippen molar-refractivity contribution in [2.45, 2.75) is 0 Å². The van der Waals surface area contributed by atoms with Crippen molar-refractivity contribution in [3.63, 3.8) is 0 Å². The Morgan fingerprint density at radius 1 is 0.897 bits per heavy atom. The van der Waals surface area contributed by atoms with Crippen molar-refractivity contribution in [2.75, 3.05) is 11.9 Å². The number of hydrogen-bond acceptors (Lipinski definition) is 4. The summed E-state index contributed by atoms with van der Waals surface area (Å²) in [7, 11) is 3.29. The third-order valence-corrected chi connectivity index (χ3v) is 5.59. The van der Waals surface area contributed by atoms with Crippen LogP contribution in [0.25, 0.3) is 11.0 Å². The van der Waals surface area contributed by atoms with Gasteiger partial charge in [0.25, 0.3) is 11.8 Å². The lowest BCUT2D eigenvalue weighted by atomic mass is 10.1. The molecule has 3 amide bonds. The number of nitrogens with zero attached hydrogens (tertiary/aromatic N) is 3. The molecule has 8 nitrogen and oxygen atoms in total. The molecule has 1 aromatic heterocycles. The number of carbonyl (C=O) groups excluding carboxylic acids is 3. The SMILES string of the molecule is Cn1c(=O)n(C)c2cc(NC(=O)CN3C(=O)c4cc(Cl)c(Cl)cc4C3=O)ccc21. The molecule has 0 unspecified atom stereocenters. The zero-order valence-corrected chi connectivity index (χ0v) is 16.8. The highest BCUT2D eigenvalue weighted by Crippen LogP contribution is 2.31. The van der Waals surface area contributed by atoms with Crippen molar-refractivity contribution < 1.29 is 14.4 Å². The van der Waals surface area contributed by atoms with Crippen molar-refractivity contribution in [3.05, 3.63) is 62.0 Å². The maximum absolute atomic E-state index is 12.5. The third kappa shape index (κ3) is 3.01. The Balaban J connectivity index is 1.55. The van der Waals surface area contributed by atoms with Gasteiger partial charge in [0.05, 0.1) is 32.2 Å². The lowest BCUT2D eigenvalue weighted by Gasteiger charge is -2.13. The monoisotopic (exact) mass is 432 g/mol. The first kappa shape index (κ1) is 19.2. The van der Waals surface area contributed by atoms with Crippen LogP contribution in [0.3, 0.4) is 0 Å². The summed E-state index contributed by atoms with van der Waals surface area (Å²) < 4.78 is 2.96. The fourth-order valence-electron chi connectivity index (χ4n) is 3.36. The molecule has 2 heterocycles. The van der Waals surface area contributed by atoms with Gasteiger partial charge in [0.1, 0.15) is 6.54 Å². The molecule has 0 atom stereocenters. The van der Waals surface area contributed by atoms with Crippen molar-refractivity contribution in [2.24, 2.45) is 14.1 Å². The number of anilines is 1. The molecule has 29 heavy (non-hydrogen) atoms. The van der Waals surface area contributed by atoms with Crippen LogP contribution in [0.2, 0.25) is 10.0 Å². The summed E-state index contributed by atoms with van der Waals surface area (Å²) in [6, 6.07) is 7.64. The molecule has 148 valence electrons. The molecule has 0 fully saturated rings. The van der Waals surface area contributed by atoms with E-state index >= 15 is 0 Å². The third-order valence-electron chi connectivity index (χ3n) is 4.87. The average Bonchev–Trinajstić information content (AvgIpc) is 3.03. The highest BCUT2D eigenvalue weighted by atomic mass is 35.5. The molecular weight excluding hydrogens is 419 g/mol. The van der Waals surface area contributed by atoms with Gasteiger partial charge in [0.2, 0.25) is 5.91 Å². The van der Waals surface area contributed by atoms with Gasteiger partial charge in [-0.15, -0.1) is 0 Å². The van der Waals surface area contributed by atoms with Gasteiger partial charge in [-0.2, -0.15) is 0 Å². The fraction of sp³-hybridized carbons (Fsp3) is 0.158. The smallest absolute Gasteiger partial charge is 0.324 e. The predicted molar refractivity (Wildman–Crippen MR) is 109 cm³/mol. The van der Waals surface area contributed by atoms with Crippen LogP contribution in [-0.4, -0.2) is 38.3 Å². The molecule has 0 bridgehead atoms. The highest BCUT2D eigenvalue weighted by molar-refractivity contribution is 6.43. The van der Waals surface area contributed by atoms with E-state index in [0.29, 0.717) is 16.7 Å². The normalized spacial score (nSPS) is 13.3. The molecular formula is C19H14Cl2N4O4. The molecule has 0 spiro atoms. The first-order valence-corrected chi connectivity index (χ1v) is 9.25. The molecule has 10 heteroatoms. The Bertz CT molecular complexity index is 1250. The molecule has 1 N–H and O–H groups in total. The summed E-state index contributed by atoms with van der Waals surface area (Å²) in [4.78, 5) is 50.3. The van der Waals surface area contributed by atoms with E-state index in [1.165, 1.54) is 21.3 Å². The van der Waals surface area contributed by atoms with Crippen LogP contribution in [0.1, 0.15) is 20.7 Å². The number of nitrogens with one attached hydrogen (secondary N) is 1. The first-order valence-electron chi connectivity index (χ1n) is 8.49. The Morgan fingerprint density at radius 3 is 2.03 bits per heavy atom. The van der Waals surface area contributed by atoms with E-state index in [1.54, 1.807) is 32.3 Å². The van der Waals surface area contributed by atoms with Crippen molar-refractivity contribution >= 4 is 57.6 Å². The number of rotatable bonds is 3. The van der Waals surface area contributed by atoms with Crippen molar-refractivity contribution in [1.29, 1.82) is 0 Å². The number of amides is 3. The van der Waals surface area contributed by atoms with E-state index in [2.05, 4.69) is 5.32 Å². The van der Waals surface area contributed by atoms with Gasteiger partial charge < -0.3 is 5.32 Å². The minimum atomic E-state index is -0.611. The van der Waals surface area contributed by atoms with Gasteiger partial charge in [-0.3, -0.25) is 28.4 Å². The molecule has 1 aliphatic rings. The molecule has 0 aliphatic carbocycles. The molecule has 0 saturated heterocycles. The van der Waals surface area contributed by atoms with Gasteiger partial charge >= 0.3 is 5.69 Å². The minimum absolute atomic E-state index is 0.109. The number of aryl methyl sites for hydroxylation is 2. The molecule has 0 radical (unpaired) electrons. The average molecular weight is 433 g/mol.